The van der Waals surface area contributed by atoms with Gasteiger partial charge in [0.15, 0.2) is 5.15 Å². The van der Waals surface area contributed by atoms with Gasteiger partial charge >= 0.3 is 0 Å². The number of anilines is 2. The van der Waals surface area contributed by atoms with Crippen LogP contribution in [0, 0.1) is 0 Å². The van der Waals surface area contributed by atoms with E-state index in [1.54, 1.807) is 13.2 Å². The highest BCUT2D eigenvalue weighted by Gasteiger charge is 2.15. The van der Waals surface area contributed by atoms with E-state index in [0.29, 0.717) is 17.3 Å². The lowest BCUT2D eigenvalue weighted by molar-refractivity contribution is 0.414. The summed E-state index contributed by atoms with van der Waals surface area (Å²) < 4.78 is 5.41. The monoisotopic (exact) mass is 399 g/mol. The summed E-state index contributed by atoms with van der Waals surface area (Å²) in [4.78, 5) is 14.3. The van der Waals surface area contributed by atoms with Crippen molar-refractivity contribution in [3.63, 3.8) is 0 Å². The number of hydrogen-bond acceptors (Lipinski definition) is 6. The van der Waals surface area contributed by atoms with Crippen LogP contribution in [-0.2, 0) is 6.54 Å². The molecule has 0 bridgehead atoms. The molecule has 1 aliphatic heterocycles. The second-order valence-corrected chi connectivity index (χ2v) is 7.05. The Hall–Kier alpha value is -2.77. The lowest BCUT2D eigenvalue weighted by Gasteiger charge is -2.31. The molecule has 0 unspecified atom stereocenters. The molecule has 2 aromatic carbocycles. The van der Waals surface area contributed by atoms with Crippen LogP contribution >= 0.6 is 11.6 Å². The summed E-state index contributed by atoms with van der Waals surface area (Å²) in [6.07, 6.45) is 0. The maximum absolute atomic E-state index is 11.9. The maximum Gasteiger partial charge on any atom is 0.272 e. The van der Waals surface area contributed by atoms with Gasteiger partial charge in [0.2, 0.25) is 0 Å². The smallest absolute Gasteiger partial charge is 0.272 e. The van der Waals surface area contributed by atoms with Crippen LogP contribution in [0.4, 0.5) is 11.4 Å². The number of halogens is 1. The highest BCUT2D eigenvalue weighted by Crippen LogP contribution is 2.28. The number of benzene rings is 2. The highest BCUT2D eigenvalue weighted by molar-refractivity contribution is 6.34. The molecule has 1 aliphatic rings. The average molecular weight is 400 g/mol. The molecule has 1 fully saturated rings. The van der Waals surface area contributed by atoms with Crippen LogP contribution in [0.25, 0.3) is 10.8 Å². The Bertz CT molecular complexity index is 1050. The number of methoxy groups -OCH3 is 1. The van der Waals surface area contributed by atoms with Gasteiger partial charge < -0.3 is 20.3 Å². The summed E-state index contributed by atoms with van der Waals surface area (Å²) in [6.45, 7) is 4.52. The quantitative estimate of drug-likeness (QED) is 0.611. The molecule has 1 saturated heterocycles. The summed E-state index contributed by atoms with van der Waals surface area (Å²) in [5.41, 5.74) is 2.97. The number of nitrogens with zero attached hydrogens (tertiary/aromatic N) is 2. The summed E-state index contributed by atoms with van der Waals surface area (Å²) >= 11 is 6.15. The lowest BCUT2D eigenvalue weighted by Crippen LogP contribution is -2.44. The van der Waals surface area contributed by atoms with Crippen LogP contribution in [-0.4, -0.2) is 43.5 Å². The van der Waals surface area contributed by atoms with Crippen LogP contribution in [0.5, 0.6) is 5.75 Å². The minimum absolute atomic E-state index is 0.250. The number of aromatic nitrogens is 2. The summed E-state index contributed by atoms with van der Waals surface area (Å²) in [7, 11) is 1.67. The number of piperazine rings is 1. The van der Waals surface area contributed by atoms with Crippen LogP contribution < -0.4 is 25.8 Å². The van der Waals surface area contributed by atoms with Gasteiger partial charge in [-0.25, -0.2) is 5.10 Å². The van der Waals surface area contributed by atoms with E-state index in [1.165, 1.54) is 5.69 Å². The van der Waals surface area contributed by atoms with Gasteiger partial charge in [0.25, 0.3) is 5.56 Å². The molecule has 0 amide bonds. The molecule has 1 aromatic heterocycles. The number of hydrogen-bond donors (Lipinski definition) is 3. The molecule has 8 heteroatoms. The first-order valence-corrected chi connectivity index (χ1v) is 9.58. The summed E-state index contributed by atoms with van der Waals surface area (Å²) in [6, 6.07) is 11.6. The van der Waals surface area contributed by atoms with Crippen LogP contribution in [0.1, 0.15) is 5.56 Å². The zero-order valence-corrected chi connectivity index (χ0v) is 16.3. The molecule has 4 rings (SSSR count). The van der Waals surface area contributed by atoms with Gasteiger partial charge in [-0.3, -0.25) is 4.79 Å². The summed E-state index contributed by atoms with van der Waals surface area (Å²) in [5, 5.41) is 14.5. The molecule has 0 atom stereocenters. The number of H-pyrrole nitrogens is 1. The number of nitrogens with one attached hydrogen (secondary N) is 3. The van der Waals surface area contributed by atoms with Gasteiger partial charge in [-0.1, -0.05) is 11.6 Å². The first kappa shape index (κ1) is 18.6. The first-order chi connectivity index (χ1) is 13.7. The third-order valence-corrected chi connectivity index (χ3v) is 5.26. The fourth-order valence-electron chi connectivity index (χ4n) is 3.49. The van der Waals surface area contributed by atoms with Crippen molar-refractivity contribution >= 4 is 33.7 Å². The Labute approximate surface area is 167 Å². The third-order valence-electron chi connectivity index (χ3n) is 4.97. The number of ether oxygens (including phenoxy) is 1. The fraction of sp³-hybridized carbons (Fsp3) is 0.300. The van der Waals surface area contributed by atoms with Crippen molar-refractivity contribution in [2.75, 3.05) is 43.5 Å². The standard InChI is InChI=1S/C20H22ClN5O2/c1-28-15-3-5-18(26-8-6-22-7-9-26)13(10-15)12-23-14-2-4-16-17(11-14)19(21)24-25-20(16)27/h2-5,10-11,22-23H,6-9,12H2,1H3,(H,25,27). The minimum Gasteiger partial charge on any atom is -0.497 e. The second-order valence-electron chi connectivity index (χ2n) is 6.69. The molecule has 0 saturated carbocycles. The highest BCUT2D eigenvalue weighted by atomic mass is 35.5. The molecule has 3 N–H and O–H groups in total. The van der Waals surface area contributed by atoms with E-state index in [4.69, 9.17) is 16.3 Å². The summed E-state index contributed by atoms with van der Waals surface area (Å²) in [5.74, 6) is 0.827. The van der Waals surface area contributed by atoms with E-state index in [9.17, 15) is 4.79 Å². The van der Waals surface area contributed by atoms with Crippen molar-refractivity contribution in [3.8, 4) is 5.75 Å². The van der Waals surface area contributed by atoms with Crippen molar-refractivity contribution in [2.45, 2.75) is 6.54 Å². The second kappa shape index (κ2) is 8.08. The molecule has 2 heterocycles. The molecular weight excluding hydrogens is 378 g/mol. The fourth-order valence-corrected chi connectivity index (χ4v) is 3.68. The molecule has 0 aliphatic carbocycles. The van der Waals surface area contributed by atoms with Crippen molar-refractivity contribution in [2.24, 2.45) is 0 Å². The molecule has 3 aromatic rings. The van der Waals surface area contributed by atoms with Crippen LogP contribution in [0.2, 0.25) is 5.15 Å². The Morgan fingerprint density at radius 3 is 2.79 bits per heavy atom. The van der Waals surface area contributed by atoms with Gasteiger partial charge in [0, 0.05) is 49.5 Å². The Kier molecular flexibility index (Phi) is 5.36. The lowest BCUT2D eigenvalue weighted by atomic mass is 10.1. The molecule has 7 nitrogen and oxygen atoms in total. The first-order valence-electron chi connectivity index (χ1n) is 9.20. The van der Waals surface area contributed by atoms with Crippen LogP contribution in [0.15, 0.2) is 41.2 Å². The van der Waals surface area contributed by atoms with Crippen molar-refractivity contribution in [3.05, 3.63) is 57.5 Å². The topological polar surface area (TPSA) is 82.3 Å². The Morgan fingerprint density at radius 2 is 2.00 bits per heavy atom. The van der Waals surface area contributed by atoms with Gasteiger partial charge in [0.1, 0.15) is 5.75 Å². The maximum atomic E-state index is 11.9. The zero-order valence-electron chi connectivity index (χ0n) is 15.6. The Morgan fingerprint density at radius 1 is 1.18 bits per heavy atom. The van der Waals surface area contributed by atoms with Gasteiger partial charge in [-0.05, 0) is 42.0 Å². The van der Waals surface area contributed by atoms with E-state index in [0.717, 1.165) is 43.2 Å². The average Bonchev–Trinajstić information content (AvgIpc) is 2.75. The largest absolute Gasteiger partial charge is 0.497 e. The Balaban J connectivity index is 1.61. The molecule has 0 radical (unpaired) electrons. The normalized spacial score (nSPS) is 14.3. The number of aromatic amines is 1. The number of fused-ring (bicyclic) bond motifs is 1. The van der Waals surface area contributed by atoms with E-state index >= 15 is 0 Å². The van der Waals surface area contributed by atoms with E-state index in [-0.39, 0.29) is 10.7 Å². The van der Waals surface area contributed by atoms with Gasteiger partial charge in [-0.2, -0.15) is 5.10 Å². The third kappa shape index (κ3) is 3.76. The minimum atomic E-state index is -0.250. The van der Waals surface area contributed by atoms with Crippen molar-refractivity contribution in [1.82, 2.24) is 15.5 Å². The predicted octanol–water partition coefficient (Wildman–Crippen LogP) is 2.61. The predicted molar refractivity (Wildman–Crippen MR) is 113 cm³/mol. The SMILES string of the molecule is COc1ccc(N2CCNCC2)c(CNc2ccc3c(=O)[nH]nc(Cl)c3c2)c1. The van der Waals surface area contributed by atoms with Crippen LogP contribution in [0.3, 0.4) is 0 Å². The zero-order chi connectivity index (χ0) is 19.5. The van der Waals surface area contributed by atoms with E-state index in [1.807, 2.05) is 18.2 Å². The molecule has 28 heavy (non-hydrogen) atoms. The number of rotatable bonds is 5. The van der Waals surface area contributed by atoms with E-state index < -0.39 is 0 Å². The van der Waals surface area contributed by atoms with E-state index in [2.05, 4.69) is 37.9 Å². The molecule has 146 valence electrons. The molecular formula is C20H22ClN5O2. The van der Waals surface area contributed by atoms with Gasteiger partial charge in [-0.15, -0.1) is 0 Å². The van der Waals surface area contributed by atoms with Crippen molar-refractivity contribution < 1.29 is 4.74 Å². The molecule has 0 spiro atoms. The van der Waals surface area contributed by atoms with Crippen molar-refractivity contribution in [1.29, 1.82) is 0 Å². The van der Waals surface area contributed by atoms with Gasteiger partial charge in [0.05, 0.1) is 12.5 Å².